The van der Waals surface area contributed by atoms with Crippen LogP contribution in [0.3, 0.4) is 0 Å². The summed E-state index contributed by atoms with van der Waals surface area (Å²) in [5.74, 6) is -1.33. The standard InChI is InChI=1S/C19H19NO3/c1-14-12-17(18(21)20(14)16-10-6-3-7-11-16)19(22)23-13-15-8-4-2-5-9-15/h2-11,14,17H,12-13H2,1H3. The van der Waals surface area contributed by atoms with Crippen LogP contribution in [0.15, 0.2) is 60.7 Å². The second kappa shape index (κ2) is 6.65. The number of esters is 1. The second-order valence-electron chi connectivity index (χ2n) is 5.77. The van der Waals surface area contributed by atoms with Crippen molar-refractivity contribution in [2.75, 3.05) is 4.90 Å². The molecule has 0 spiro atoms. The Kier molecular flexibility index (Phi) is 4.42. The Morgan fingerprint density at radius 3 is 2.35 bits per heavy atom. The zero-order chi connectivity index (χ0) is 16.2. The lowest BCUT2D eigenvalue weighted by Gasteiger charge is -2.21. The number of amides is 1. The topological polar surface area (TPSA) is 46.6 Å². The predicted octanol–water partition coefficient (Wildman–Crippen LogP) is 3.17. The average molecular weight is 309 g/mol. The van der Waals surface area contributed by atoms with Crippen LogP contribution in [-0.4, -0.2) is 17.9 Å². The molecule has 2 unspecified atom stereocenters. The third-order valence-corrected chi connectivity index (χ3v) is 4.10. The van der Waals surface area contributed by atoms with Gasteiger partial charge in [-0.15, -0.1) is 0 Å². The van der Waals surface area contributed by atoms with Crippen molar-refractivity contribution in [2.45, 2.75) is 26.0 Å². The van der Waals surface area contributed by atoms with Crippen molar-refractivity contribution < 1.29 is 14.3 Å². The molecule has 1 aliphatic rings. The molecule has 0 bridgehead atoms. The van der Waals surface area contributed by atoms with Crippen molar-refractivity contribution in [2.24, 2.45) is 5.92 Å². The zero-order valence-corrected chi connectivity index (χ0v) is 13.0. The lowest BCUT2D eigenvalue weighted by Crippen LogP contribution is -2.33. The zero-order valence-electron chi connectivity index (χ0n) is 13.0. The summed E-state index contributed by atoms with van der Waals surface area (Å²) in [5.41, 5.74) is 1.74. The number of hydrogen-bond acceptors (Lipinski definition) is 3. The van der Waals surface area contributed by atoms with E-state index in [1.54, 1.807) is 4.90 Å². The molecule has 2 atom stereocenters. The lowest BCUT2D eigenvalue weighted by atomic mass is 10.1. The number of benzene rings is 2. The van der Waals surface area contributed by atoms with Crippen LogP contribution in [-0.2, 0) is 20.9 Å². The second-order valence-corrected chi connectivity index (χ2v) is 5.77. The molecule has 1 aliphatic heterocycles. The summed E-state index contributed by atoms with van der Waals surface area (Å²) in [7, 11) is 0. The number of carbonyl (C=O) groups excluding carboxylic acids is 2. The van der Waals surface area contributed by atoms with Crippen molar-refractivity contribution in [3.8, 4) is 0 Å². The summed E-state index contributed by atoms with van der Waals surface area (Å²) in [4.78, 5) is 26.6. The highest BCUT2D eigenvalue weighted by atomic mass is 16.5. The van der Waals surface area contributed by atoms with Gasteiger partial charge < -0.3 is 9.64 Å². The smallest absolute Gasteiger partial charge is 0.318 e. The summed E-state index contributed by atoms with van der Waals surface area (Å²) in [6.45, 7) is 2.15. The summed E-state index contributed by atoms with van der Waals surface area (Å²) >= 11 is 0. The molecule has 0 aliphatic carbocycles. The molecular weight excluding hydrogens is 290 g/mol. The third kappa shape index (κ3) is 3.26. The third-order valence-electron chi connectivity index (χ3n) is 4.10. The molecule has 0 aromatic heterocycles. The minimum atomic E-state index is -0.714. The van der Waals surface area contributed by atoms with Crippen LogP contribution in [0, 0.1) is 5.92 Å². The number of anilines is 1. The van der Waals surface area contributed by atoms with E-state index in [0.717, 1.165) is 11.3 Å². The molecule has 0 saturated carbocycles. The van der Waals surface area contributed by atoms with Crippen LogP contribution in [0.4, 0.5) is 5.69 Å². The van der Waals surface area contributed by atoms with E-state index >= 15 is 0 Å². The molecule has 23 heavy (non-hydrogen) atoms. The van der Waals surface area contributed by atoms with Gasteiger partial charge in [0.05, 0.1) is 0 Å². The Bertz CT molecular complexity index is 684. The van der Waals surface area contributed by atoms with E-state index in [2.05, 4.69) is 0 Å². The van der Waals surface area contributed by atoms with Crippen LogP contribution in [0.1, 0.15) is 18.9 Å². The fourth-order valence-electron chi connectivity index (χ4n) is 2.93. The van der Waals surface area contributed by atoms with Crippen molar-refractivity contribution >= 4 is 17.6 Å². The highest BCUT2D eigenvalue weighted by Crippen LogP contribution is 2.30. The SMILES string of the molecule is CC1CC(C(=O)OCc2ccccc2)C(=O)N1c1ccccc1. The Hall–Kier alpha value is -2.62. The number of ether oxygens (including phenoxy) is 1. The Balaban J connectivity index is 1.67. The largest absolute Gasteiger partial charge is 0.460 e. The molecule has 3 rings (SSSR count). The first-order valence-corrected chi connectivity index (χ1v) is 7.75. The molecule has 1 saturated heterocycles. The van der Waals surface area contributed by atoms with Gasteiger partial charge in [0.1, 0.15) is 12.5 Å². The number of nitrogens with zero attached hydrogens (tertiary/aromatic N) is 1. The highest BCUT2D eigenvalue weighted by Gasteiger charge is 2.43. The van der Waals surface area contributed by atoms with Crippen molar-refractivity contribution in [3.05, 3.63) is 66.2 Å². The first-order chi connectivity index (χ1) is 11.2. The highest BCUT2D eigenvalue weighted by molar-refractivity contribution is 6.08. The molecule has 1 heterocycles. The van der Waals surface area contributed by atoms with Crippen LogP contribution in [0.2, 0.25) is 0 Å². The van der Waals surface area contributed by atoms with Gasteiger partial charge >= 0.3 is 5.97 Å². The van der Waals surface area contributed by atoms with Crippen molar-refractivity contribution in [1.82, 2.24) is 0 Å². The molecule has 2 aromatic rings. The van der Waals surface area contributed by atoms with E-state index in [1.165, 1.54) is 0 Å². The van der Waals surface area contributed by atoms with Gasteiger partial charge in [0.2, 0.25) is 5.91 Å². The Morgan fingerprint density at radius 1 is 1.09 bits per heavy atom. The van der Waals surface area contributed by atoms with Crippen LogP contribution in [0.5, 0.6) is 0 Å². The molecule has 2 aromatic carbocycles. The molecule has 0 N–H and O–H groups in total. The molecule has 1 amide bonds. The molecule has 4 nitrogen and oxygen atoms in total. The Morgan fingerprint density at radius 2 is 1.70 bits per heavy atom. The normalized spacial score (nSPS) is 20.6. The van der Waals surface area contributed by atoms with Gasteiger partial charge in [-0.25, -0.2) is 0 Å². The fraction of sp³-hybridized carbons (Fsp3) is 0.263. The average Bonchev–Trinajstić information content (AvgIpc) is 2.89. The Labute approximate surface area is 135 Å². The van der Waals surface area contributed by atoms with Gasteiger partial charge in [-0.05, 0) is 31.0 Å². The quantitative estimate of drug-likeness (QED) is 0.644. The van der Waals surface area contributed by atoms with Crippen molar-refractivity contribution in [3.63, 3.8) is 0 Å². The molecular formula is C19H19NO3. The van der Waals surface area contributed by atoms with E-state index in [0.29, 0.717) is 6.42 Å². The molecule has 0 radical (unpaired) electrons. The van der Waals surface area contributed by atoms with Gasteiger partial charge in [-0.3, -0.25) is 9.59 Å². The minimum Gasteiger partial charge on any atom is -0.460 e. The maximum atomic E-state index is 12.6. The fourth-order valence-corrected chi connectivity index (χ4v) is 2.93. The predicted molar refractivity (Wildman–Crippen MR) is 87.7 cm³/mol. The van der Waals surface area contributed by atoms with Crippen LogP contribution in [0.25, 0.3) is 0 Å². The van der Waals surface area contributed by atoms with E-state index in [9.17, 15) is 9.59 Å². The lowest BCUT2D eigenvalue weighted by molar-refractivity contribution is -0.152. The first-order valence-electron chi connectivity index (χ1n) is 7.75. The molecule has 1 fully saturated rings. The number of para-hydroxylation sites is 1. The molecule has 118 valence electrons. The van der Waals surface area contributed by atoms with E-state index in [-0.39, 0.29) is 18.6 Å². The first kappa shape index (κ1) is 15.3. The monoisotopic (exact) mass is 309 g/mol. The maximum absolute atomic E-state index is 12.6. The van der Waals surface area contributed by atoms with Crippen molar-refractivity contribution in [1.29, 1.82) is 0 Å². The summed E-state index contributed by atoms with van der Waals surface area (Å²) in [6, 6.07) is 18.9. The van der Waals surface area contributed by atoms with Gasteiger partial charge in [-0.1, -0.05) is 48.5 Å². The van der Waals surface area contributed by atoms with Gasteiger partial charge in [0.15, 0.2) is 0 Å². The summed E-state index contributed by atoms with van der Waals surface area (Å²) in [5, 5.41) is 0. The number of carbonyl (C=O) groups is 2. The van der Waals surface area contributed by atoms with E-state index in [4.69, 9.17) is 4.74 Å². The number of hydrogen-bond donors (Lipinski definition) is 0. The minimum absolute atomic E-state index is 0.0147. The van der Waals surface area contributed by atoms with Crippen LogP contribution >= 0.6 is 0 Å². The maximum Gasteiger partial charge on any atom is 0.318 e. The van der Waals surface area contributed by atoms with Gasteiger partial charge in [0.25, 0.3) is 0 Å². The van der Waals surface area contributed by atoms with Gasteiger partial charge in [0, 0.05) is 11.7 Å². The summed E-state index contributed by atoms with van der Waals surface area (Å²) in [6.07, 6.45) is 0.487. The van der Waals surface area contributed by atoms with Gasteiger partial charge in [-0.2, -0.15) is 0 Å². The molecule has 4 heteroatoms. The van der Waals surface area contributed by atoms with Crippen LogP contribution < -0.4 is 4.90 Å². The summed E-state index contributed by atoms with van der Waals surface area (Å²) < 4.78 is 5.33. The number of rotatable bonds is 4. The van der Waals surface area contributed by atoms with E-state index < -0.39 is 11.9 Å². The van der Waals surface area contributed by atoms with E-state index in [1.807, 2.05) is 67.6 Å².